The Morgan fingerprint density at radius 3 is 1.63 bits per heavy atom. The first-order valence-corrected chi connectivity index (χ1v) is 16.9. The van der Waals surface area contributed by atoms with Crippen LogP contribution in [0.5, 0.6) is 5.75 Å². The highest BCUT2D eigenvalue weighted by Gasteiger charge is 2.32. The van der Waals surface area contributed by atoms with Crippen LogP contribution in [0.25, 0.3) is 0 Å². The zero-order valence-electron chi connectivity index (χ0n) is 30.0. The number of phenols is 1. The summed E-state index contributed by atoms with van der Waals surface area (Å²) in [5.74, 6) is 0.400. The zero-order valence-corrected chi connectivity index (χ0v) is 30.0. The minimum atomic E-state index is -0.392. The largest absolute Gasteiger partial charge is 0.507 e. The van der Waals surface area contributed by atoms with Crippen LogP contribution in [0.3, 0.4) is 0 Å². The monoisotopic (exact) mass is 619 g/mol. The highest BCUT2D eigenvalue weighted by Crippen LogP contribution is 2.43. The zero-order chi connectivity index (χ0) is 33.6. The molecule has 1 N–H and O–H groups in total. The van der Waals surface area contributed by atoms with Gasteiger partial charge in [0.1, 0.15) is 5.75 Å². The predicted molar refractivity (Wildman–Crippen MR) is 197 cm³/mol. The molecule has 4 aromatic carbocycles. The molecular formula is C42H57N3O. The molecule has 0 saturated heterocycles. The molecule has 4 heteroatoms. The number of hydrogen-bond acceptors (Lipinski definition) is 4. The van der Waals surface area contributed by atoms with E-state index in [9.17, 15) is 5.11 Å². The SMILES string of the molecule is CC(C)N(CCN(Cc1ccccc1N(C)C)Cc1cc(C(C)(C)c2ccccc2)cc(C(C)(C)c2ccccc2)c1O)C(C)C. The summed E-state index contributed by atoms with van der Waals surface area (Å²) >= 11 is 0. The molecule has 0 aliphatic heterocycles. The van der Waals surface area contributed by atoms with Crippen molar-refractivity contribution in [3.05, 3.63) is 130 Å². The van der Waals surface area contributed by atoms with Crippen molar-refractivity contribution >= 4 is 5.69 Å². The summed E-state index contributed by atoms with van der Waals surface area (Å²) in [5.41, 5.74) is 7.48. The lowest BCUT2D eigenvalue weighted by atomic mass is 9.72. The number of nitrogens with zero attached hydrogens (tertiary/aromatic N) is 3. The first-order chi connectivity index (χ1) is 21.7. The Morgan fingerprint density at radius 1 is 0.587 bits per heavy atom. The summed E-state index contributed by atoms with van der Waals surface area (Å²) in [6.07, 6.45) is 0. The summed E-state index contributed by atoms with van der Waals surface area (Å²) < 4.78 is 0. The van der Waals surface area contributed by atoms with Gasteiger partial charge in [-0.05, 0) is 62.1 Å². The number of hydrogen-bond donors (Lipinski definition) is 1. The third-order valence-electron chi connectivity index (χ3n) is 9.84. The topological polar surface area (TPSA) is 30.0 Å². The first kappa shape index (κ1) is 35.3. The van der Waals surface area contributed by atoms with E-state index >= 15 is 0 Å². The van der Waals surface area contributed by atoms with Crippen LogP contribution in [-0.4, -0.2) is 54.2 Å². The summed E-state index contributed by atoms with van der Waals surface area (Å²) in [7, 11) is 4.22. The van der Waals surface area contributed by atoms with Gasteiger partial charge < -0.3 is 10.0 Å². The molecule has 0 aliphatic rings. The number of aromatic hydroxyl groups is 1. The summed E-state index contributed by atoms with van der Waals surface area (Å²) in [6.45, 7) is 21.5. The fraction of sp³-hybridized carbons (Fsp3) is 0.429. The maximum absolute atomic E-state index is 12.2. The van der Waals surface area contributed by atoms with E-state index < -0.39 is 5.41 Å². The van der Waals surface area contributed by atoms with Crippen LogP contribution >= 0.6 is 0 Å². The lowest BCUT2D eigenvalue weighted by Crippen LogP contribution is -2.42. The second-order valence-corrected chi connectivity index (χ2v) is 14.7. The predicted octanol–water partition coefficient (Wildman–Crippen LogP) is 9.23. The van der Waals surface area contributed by atoms with Crippen LogP contribution in [-0.2, 0) is 23.9 Å². The number of para-hydroxylation sites is 1. The van der Waals surface area contributed by atoms with Crippen molar-refractivity contribution in [1.82, 2.24) is 9.80 Å². The Bertz CT molecular complexity index is 1530. The fourth-order valence-corrected chi connectivity index (χ4v) is 6.83. The molecule has 0 atom stereocenters. The molecule has 0 bridgehead atoms. The van der Waals surface area contributed by atoms with Crippen molar-refractivity contribution in [1.29, 1.82) is 0 Å². The van der Waals surface area contributed by atoms with Crippen molar-refractivity contribution < 1.29 is 5.11 Å². The second kappa shape index (κ2) is 14.9. The van der Waals surface area contributed by atoms with Crippen LogP contribution in [0, 0.1) is 0 Å². The van der Waals surface area contributed by atoms with Gasteiger partial charge in [-0.3, -0.25) is 9.80 Å². The smallest absolute Gasteiger partial charge is 0.124 e. The maximum atomic E-state index is 12.2. The quantitative estimate of drug-likeness (QED) is 0.152. The molecule has 0 saturated carbocycles. The summed E-state index contributed by atoms with van der Waals surface area (Å²) in [6, 6.07) is 35.4. The third-order valence-corrected chi connectivity index (χ3v) is 9.84. The van der Waals surface area contributed by atoms with E-state index in [1.165, 1.54) is 27.9 Å². The van der Waals surface area contributed by atoms with Gasteiger partial charge in [-0.25, -0.2) is 0 Å². The number of benzene rings is 4. The minimum absolute atomic E-state index is 0.250. The summed E-state index contributed by atoms with van der Waals surface area (Å²) in [5, 5.41) is 12.2. The van der Waals surface area contributed by atoms with E-state index in [4.69, 9.17) is 0 Å². The lowest BCUT2D eigenvalue weighted by Gasteiger charge is -2.35. The van der Waals surface area contributed by atoms with Gasteiger partial charge in [0, 0.05) is 80.0 Å². The molecule has 0 amide bonds. The summed E-state index contributed by atoms with van der Waals surface area (Å²) in [4.78, 5) is 7.28. The van der Waals surface area contributed by atoms with Gasteiger partial charge in [-0.2, -0.15) is 0 Å². The molecule has 4 nitrogen and oxygen atoms in total. The van der Waals surface area contributed by atoms with Gasteiger partial charge >= 0.3 is 0 Å². The van der Waals surface area contributed by atoms with Gasteiger partial charge in [0.2, 0.25) is 0 Å². The molecule has 4 rings (SSSR count). The van der Waals surface area contributed by atoms with Crippen molar-refractivity contribution in [3.63, 3.8) is 0 Å². The Hall–Kier alpha value is -3.60. The number of phenolic OH excluding ortho intramolecular Hbond substituents is 1. The molecule has 0 radical (unpaired) electrons. The Balaban J connectivity index is 1.85. The first-order valence-electron chi connectivity index (χ1n) is 16.9. The molecule has 0 spiro atoms. The van der Waals surface area contributed by atoms with E-state index in [2.05, 4.69) is 181 Å². The van der Waals surface area contributed by atoms with E-state index in [0.717, 1.165) is 30.8 Å². The molecule has 0 unspecified atom stereocenters. The van der Waals surface area contributed by atoms with Crippen molar-refractivity contribution in [2.45, 2.75) is 91.4 Å². The van der Waals surface area contributed by atoms with Crippen LogP contribution in [0.2, 0.25) is 0 Å². The van der Waals surface area contributed by atoms with E-state index in [1.54, 1.807) is 0 Å². The number of rotatable bonds is 14. The Labute approximate surface area is 279 Å². The van der Waals surface area contributed by atoms with Crippen LogP contribution < -0.4 is 4.90 Å². The minimum Gasteiger partial charge on any atom is -0.507 e. The van der Waals surface area contributed by atoms with E-state index in [-0.39, 0.29) is 5.41 Å². The maximum Gasteiger partial charge on any atom is 0.124 e. The molecule has 46 heavy (non-hydrogen) atoms. The third kappa shape index (κ3) is 8.03. The standard InChI is InChI=1S/C42H57N3O/c1-31(2)45(32(3)4)26-25-44(29-33-19-17-18-24-39(33)43(9)10)30-34-27-37(41(5,6)35-20-13-11-14-21-35)28-38(40(34)46)42(7,8)36-22-15-12-16-23-36/h11-24,27-28,31-32,46H,25-26,29-30H2,1-10H3. The lowest BCUT2D eigenvalue weighted by molar-refractivity contribution is 0.137. The molecule has 4 aromatic rings. The van der Waals surface area contributed by atoms with Gasteiger partial charge in [0.05, 0.1) is 0 Å². The van der Waals surface area contributed by atoms with E-state index in [0.29, 0.717) is 24.4 Å². The van der Waals surface area contributed by atoms with E-state index in [1.807, 2.05) is 0 Å². The van der Waals surface area contributed by atoms with Gasteiger partial charge in [0.15, 0.2) is 0 Å². The molecule has 0 heterocycles. The highest BCUT2D eigenvalue weighted by atomic mass is 16.3. The second-order valence-electron chi connectivity index (χ2n) is 14.7. The highest BCUT2D eigenvalue weighted by molar-refractivity contribution is 5.55. The number of anilines is 1. The molecule has 0 aliphatic carbocycles. The van der Waals surface area contributed by atoms with Crippen molar-refractivity contribution in [2.75, 3.05) is 32.1 Å². The van der Waals surface area contributed by atoms with Crippen LogP contribution in [0.15, 0.2) is 97.1 Å². The molecule has 0 fully saturated rings. The Morgan fingerprint density at radius 2 is 1.09 bits per heavy atom. The molecular weight excluding hydrogens is 562 g/mol. The van der Waals surface area contributed by atoms with Crippen LogP contribution in [0.1, 0.15) is 88.8 Å². The van der Waals surface area contributed by atoms with Crippen LogP contribution in [0.4, 0.5) is 5.69 Å². The average molecular weight is 620 g/mol. The van der Waals surface area contributed by atoms with Gasteiger partial charge in [-0.15, -0.1) is 0 Å². The Kier molecular flexibility index (Phi) is 11.4. The van der Waals surface area contributed by atoms with Crippen molar-refractivity contribution in [3.8, 4) is 5.75 Å². The fourth-order valence-electron chi connectivity index (χ4n) is 6.83. The molecule has 0 aromatic heterocycles. The molecule has 246 valence electrons. The van der Waals surface area contributed by atoms with Gasteiger partial charge in [-0.1, -0.05) is 113 Å². The van der Waals surface area contributed by atoms with Gasteiger partial charge in [0.25, 0.3) is 0 Å². The normalized spacial score (nSPS) is 12.5. The van der Waals surface area contributed by atoms with Crippen molar-refractivity contribution in [2.24, 2.45) is 0 Å². The average Bonchev–Trinajstić information content (AvgIpc) is 3.02.